The van der Waals surface area contributed by atoms with Gasteiger partial charge in [0.15, 0.2) is 0 Å². The fourth-order valence-electron chi connectivity index (χ4n) is 7.66. The van der Waals surface area contributed by atoms with Crippen LogP contribution in [0.5, 0.6) is 0 Å². The molecule has 11 rings (SSSR count). The molecule has 0 aliphatic carbocycles. The van der Waals surface area contributed by atoms with E-state index in [9.17, 15) is 0 Å². The van der Waals surface area contributed by atoms with Crippen molar-refractivity contribution < 1.29 is 13.3 Å². The van der Waals surface area contributed by atoms with Crippen LogP contribution in [-0.2, 0) is 0 Å². The van der Waals surface area contributed by atoms with Gasteiger partial charge in [-0.05, 0) is 119 Å². The van der Waals surface area contributed by atoms with E-state index in [4.69, 9.17) is 13.3 Å². The van der Waals surface area contributed by atoms with Crippen LogP contribution in [0, 0.1) is 0 Å². The summed E-state index contributed by atoms with van der Waals surface area (Å²) in [4.78, 5) is 2.33. The second-order valence-corrected chi connectivity index (χ2v) is 13.4. The van der Waals surface area contributed by atoms with Gasteiger partial charge in [-0.15, -0.1) is 0 Å². The van der Waals surface area contributed by atoms with Gasteiger partial charge in [-0.25, -0.2) is 0 Å². The molecule has 0 saturated heterocycles. The Labute approximate surface area is 298 Å². The molecule has 0 aliphatic heterocycles. The molecule has 3 aromatic heterocycles. The van der Waals surface area contributed by atoms with Crippen molar-refractivity contribution in [3.63, 3.8) is 0 Å². The molecule has 8 aromatic carbocycles. The van der Waals surface area contributed by atoms with Crippen LogP contribution in [0.1, 0.15) is 0 Å². The number of benzene rings is 8. The molecule has 4 heteroatoms. The van der Waals surface area contributed by atoms with Crippen LogP contribution in [0.4, 0.5) is 17.1 Å². The van der Waals surface area contributed by atoms with Crippen LogP contribution < -0.4 is 4.90 Å². The smallest absolute Gasteiger partial charge is 0.136 e. The van der Waals surface area contributed by atoms with Gasteiger partial charge in [0.2, 0.25) is 0 Å². The van der Waals surface area contributed by atoms with E-state index in [0.29, 0.717) is 0 Å². The van der Waals surface area contributed by atoms with E-state index in [1.807, 2.05) is 54.6 Å². The lowest BCUT2D eigenvalue weighted by Crippen LogP contribution is -2.09. The van der Waals surface area contributed by atoms with Gasteiger partial charge in [-0.2, -0.15) is 0 Å². The largest absolute Gasteiger partial charge is 0.456 e. The van der Waals surface area contributed by atoms with Gasteiger partial charge < -0.3 is 18.2 Å². The Balaban J connectivity index is 1.06. The zero-order chi connectivity index (χ0) is 34.2. The minimum atomic E-state index is 0.834. The Kier molecular flexibility index (Phi) is 6.22. The highest BCUT2D eigenvalue weighted by Gasteiger charge is 2.17. The maximum atomic E-state index is 6.31. The molecule has 0 bridgehead atoms. The Bertz CT molecular complexity index is 2970. The van der Waals surface area contributed by atoms with E-state index < -0.39 is 0 Å². The van der Waals surface area contributed by atoms with E-state index in [-0.39, 0.29) is 0 Å². The van der Waals surface area contributed by atoms with E-state index in [2.05, 4.69) is 126 Å². The summed E-state index contributed by atoms with van der Waals surface area (Å²) in [6.07, 6.45) is 0. The third-order valence-corrected chi connectivity index (χ3v) is 10.2. The standard InChI is InChI=1S/C48H29NO3/c1-2-8-30(9-3-1)43-22-23-44(50-43)31-14-18-36(19-15-31)49(37-20-16-32-28-47-41(26-34(32)24-37)39-10-4-6-12-45(39)51-47)38-21-17-33-29-48-42(27-35(33)25-38)40-11-5-7-13-46(40)52-48/h1-29H. The number of hydrogen-bond donors (Lipinski definition) is 0. The minimum Gasteiger partial charge on any atom is -0.456 e. The second kappa shape index (κ2) is 11.2. The fraction of sp³-hybridized carbons (Fsp3) is 0. The quantitative estimate of drug-likeness (QED) is 0.183. The molecule has 3 heterocycles. The van der Waals surface area contributed by atoms with E-state index in [0.717, 1.165) is 105 Å². The number of hydrogen-bond acceptors (Lipinski definition) is 4. The van der Waals surface area contributed by atoms with Crippen molar-refractivity contribution in [3.8, 4) is 22.6 Å². The lowest BCUT2D eigenvalue weighted by Gasteiger charge is -2.26. The molecule has 244 valence electrons. The Morgan fingerprint density at radius 1 is 0.288 bits per heavy atom. The maximum Gasteiger partial charge on any atom is 0.136 e. The van der Waals surface area contributed by atoms with Gasteiger partial charge in [-0.3, -0.25) is 0 Å². The van der Waals surface area contributed by atoms with Crippen molar-refractivity contribution in [1.29, 1.82) is 0 Å². The summed E-state index contributed by atoms with van der Waals surface area (Å²) >= 11 is 0. The molecule has 0 saturated carbocycles. The molecule has 0 fully saturated rings. The average molecular weight is 668 g/mol. The van der Waals surface area contributed by atoms with Crippen LogP contribution in [0.2, 0.25) is 0 Å². The van der Waals surface area contributed by atoms with Gasteiger partial charge in [-0.1, -0.05) is 78.9 Å². The van der Waals surface area contributed by atoms with Crippen molar-refractivity contribution >= 4 is 82.5 Å². The van der Waals surface area contributed by atoms with Crippen LogP contribution in [0.15, 0.2) is 189 Å². The van der Waals surface area contributed by atoms with Crippen molar-refractivity contribution in [2.24, 2.45) is 0 Å². The molecule has 0 aliphatic rings. The van der Waals surface area contributed by atoms with Crippen molar-refractivity contribution in [1.82, 2.24) is 0 Å². The maximum absolute atomic E-state index is 6.31. The normalized spacial score (nSPS) is 11.8. The summed E-state index contributed by atoms with van der Waals surface area (Å²) in [7, 11) is 0. The van der Waals surface area contributed by atoms with Crippen LogP contribution in [0.3, 0.4) is 0 Å². The van der Waals surface area contributed by atoms with E-state index in [1.165, 1.54) is 0 Å². The Hall–Kier alpha value is -7.04. The third kappa shape index (κ3) is 4.62. The molecular weight excluding hydrogens is 639 g/mol. The highest BCUT2D eigenvalue weighted by molar-refractivity contribution is 6.12. The first-order chi connectivity index (χ1) is 25.7. The molecular formula is C48H29NO3. The van der Waals surface area contributed by atoms with Gasteiger partial charge in [0.1, 0.15) is 33.9 Å². The lowest BCUT2D eigenvalue weighted by molar-refractivity contribution is 0.597. The predicted molar refractivity (Wildman–Crippen MR) is 214 cm³/mol. The number of fused-ring (bicyclic) bond motifs is 8. The van der Waals surface area contributed by atoms with E-state index >= 15 is 0 Å². The van der Waals surface area contributed by atoms with Crippen LogP contribution in [-0.4, -0.2) is 0 Å². The SMILES string of the molecule is c1ccc(-c2ccc(-c3ccc(N(c4ccc5cc6oc7ccccc7c6cc5c4)c4ccc5cc6oc7ccccc7c6cc5c4)cc3)o2)cc1. The lowest BCUT2D eigenvalue weighted by atomic mass is 10.0. The zero-order valence-corrected chi connectivity index (χ0v) is 27.9. The number of para-hydroxylation sites is 2. The predicted octanol–water partition coefficient (Wildman–Crippen LogP) is 14.2. The number of nitrogens with zero attached hydrogens (tertiary/aromatic N) is 1. The first-order valence-corrected chi connectivity index (χ1v) is 17.5. The molecule has 4 nitrogen and oxygen atoms in total. The number of anilines is 3. The molecule has 0 N–H and O–H groups in total. The van der Waals surface area contributed by atoms with Crippen LogP contribution >= 0.6 is 0 Å². The molecule has 0 unspecified atom stereocenters. The van der Waals surface area contributed by atoms with Gasteiger partial charge in [0.25, 0.3) is 0 Å². The summed E-state index contributed by atoms with van der Waals surface area (Å²) in [5.74, 6) is 1.69. The zero-order valence-electron chi connectivity index (χ0n) is 27.9. The van der Waals surface area contributed by atoms with Crippen LogP contribution in [0.25, 0.3) is 88.1 Å². The topological polar surface area (TPSA) is 42.7 Å². The molecule has 0 spiro atoms. The molecule has 52 heavy (non-hydrogen) atoms. The van der Waals surface area contributed by atoms with Gasteiger partial charge in [0, 0.05) is 49.7 Å². The average Bonchev–Trinajstić information content (AvgIpc) is 3.93. The van der Waals surface area contributed by atoms with E-state index in [1.54, 1.807) is 0 Å². The van der Waals surface area contributed by atoms with Crippen molar-refractivity contribution in [2.45, 2.75) is 0 Å². The molecule has 0 radical (unpaired) electrons. The van der Waals surface area contributed by atoms with Gasteiger partial charge >= 0.3 is 0 Å². The fourth-order valence-corrected chi connectivity index (χ4v) is 7.66. The minimum absolute atomic E-state index is 0.834. The second-order valence-electron chi connectivity index (χ2n) is 13.4. The molecule has 0 atom stereocenters. The highest BCUT2D eigenvalue weighted by Crippen LogP contribution is 2.41. The Morgan fingerprint density at radius 3 is 1.33 bits per heavy atom. The number of furan rings is 3. The summed E-state index contributed by atoms with van der Waals surface area (Å²) in [5.41, 5.74) is 8.84. The molecule has 0 amide bonds. The Morgan fingerprint density at radius 2 is 0.769 bits per heavy atom. The summed E-state index contributed by atoms with van der Waals surface area (Å²) in [6.45, 7) is 0. The number of rotatable bonds is 5. The third-order valence-electron chi connectivity index (χ3n) is 10.2. The summed E-state index contributed by atoms with van der Waals surface area (Å²) < 4.78 is 18.7. The first kappa shape index (κ1) is 28.8. The van der Waals surface area contributed by atoms with Crippen molar-refractivity contribution in [2.75, 3.05) is 4.90 Å². The molecule has 11 aromatic rings. The monoisotopic (exact) mass is 667 g/mol. The summed E-state index contributed by atoms with van der Waals surface area (Å²) in [6, 6.07) is 61.5. The van der Waals surface area contributed by atoms with Gasteiger partial charge in [0.05, 0.1) is 0 Å². The summed E-state index contributed by atoms with van der Waals surface area (Å²) in [5, 5.41) is 9.04. The highest BCUT2D eigenvalue weighted by atomic mass is 16.3. The first-order valence-electron chi connectivity index (χ1n) is 17.5. The van der Waals surface area contributed by atoms with Crippen molar-refractivity contribution in [3.05, 3.63) is 176 Å².